The van der Waals surface area contributed by atoms with Gasteiger partial charge in [-0.25, -0.2) is 14.0 Å². The Kier molecular flexibility index (Phi) is 10.7. The number of aliphatic hydroxyl groups is 2. The van der Waals surface area contributed by atoms with E-state index in [0.29, 0.717) is 25.1 Å². The number of carboxylic acid groups (broad SMARTS) is 2. The second kappa shape index (κ2) is 13.6. The summed E-state index contributed by atoms with van der Waals surface area (Å²) < 4.78 is 34.2. The van der Waals surface area contributed by atoms with Crippen LogP contribution < -0.4 is 0 Å². The summed E-state index contributed by atoms with van der Waals surface area (Å²) in [6, 6.07) is 8.31. The van der Waals surface area contributed by atoms with E-state index in [9.17, 15) is 23.2 Å². The summed E-state index contributed by atoms with van der Waals surface area (Å²) in [5.41, 5.74) is 1.25. The monoisotopic (exact) mass is 584 g/mol. The lowest BCUT2D eigenvalue weighted by atomic mass is 9.85. The van der Waals surface area contributed by atoms with Gasteiger partial charge in [-0.05, 0) is 48.9 Å². The molecule has 1 aromatic carbocycles. The Bertz CT molecular complexity index is 1180. The first-order valence-electron chi connectivity index (χ1n) is 12.8. The Morgan fingerprint density at radius 2 is 1.68 bits per heavy atom. The summed E-state index contributed by atoms with van der Waals surface area (Å²) in [6.07, 6.45) is -1.83. The second-order valence-corrected chi connectivity index (χ2v) is 11.1. The molecule has 40 heavy (non-hydrogen) atoms. The van der Waals surface area contributed by atoms with Gasteiger partial charge in [0.2, 0.25) is 5.91 Å². The zero-order valence-corrected chi connectivity index (χ0v) is 23.1. The van der Waals surface area contributed by atoms with Gasteiger partial charge in [0.15, 0.2) is 17.3 Å². The molecule has 0 radical (unpaired) electrons. The molecule has 1 spiro atoms. The summed E-state index contributed by atoms with van der Waals surface area (Å²) in [5.74, 6) is -4.11. The molecule has 1 amide bonds. The molecule has 4 N–H and O–H groups in total. The van der Waals surface area contributed by atoms with Gasteiger partial charge in [0.05, 0.1) is 12.5 Å². The van der Waals surface area contributed by atoms with Crippen LogP contribution in [0.3, 0.4) is 0 Å². The highest BCUT2D eigenvalue weighted by Gasteiger charge is 2.43. The van der Waals surface area contributed by atoms with Gasteiger partial charge in [0.1, 0.15) is 11.4 Å². The summed E-state index contributed by atoms with van der Waals surface area (Å²) >= 11 is 1.21. The van der Waals surface area contributed by atoms with E-state index in [2.05, 4.69) is 4.90 Å². The first-order chi connectivity index (χ1) is 18.8. The number of piperidine rings is 1. The van der Waals surface area contributed by atoms with Gasteiger partial charge in [-0.2, -0.15) is 4.39 Å². The Morgan fingerprint density at radius 1 is 1.07 bits per heavy atom. The predicted molar refractivity (Wildman–Crippen MR) is 141 cm³/mol. The van der Waals surface area contributed by atoms with Crippen molar-refractivity contribution in [1.29, 1.82) is 0 Å². The topological polar surface area (TPSA) is 148 Å². The molecule has 3 heterocycles. The molecule has 10 nitrogen and oxygen atoms in total. The van der Waals surface area contributed by atoms with Crippen molar-refractivity contribution in [3.8, 4) is 0 Å². The van der Waals surface area contributed by atoms with E-state index in [4.69, 9.17) is 25.2 Å². The number of carbonyl (C=O) groups is 3. The van der Waals surface area contributed by atoms with Crippen LogP contribution in [-0.4, -0.2) is 101 Å². The number of amides is 1. The summed E-state index contributed by atoms with van der Waals surface area (Å²) in [6.45, 7) is 2.74. The van der Waals surface area contributed by atoms with Crippen LogP contribution in [0.1, 0.15) is 28.8 Å². The number of thiophene rings is 1. The van der Waals surface area contributed by atoms with Crippen LogP contribution in [-0.2, 0) is 37.6 Å². The zero-order valence-electron chi connectivity index (χ0n) is 22.3. The third kappa shape index (κ3) is 7.61. The number of ether oxygens (including phenoxy) is 1. The molecule has 0 bridgehead atoms. The van der Waals surface area contributed by atoms with Crippen LogP contribution in [0.5, 0.6) is 0 Å². The lowest BCUT2D eigenvalue weighted by molar-refractivity contribution is -0.165. The number of carbonyl (C=O) groups excluding carboxylic acids is 1. The fourth-order valence-electron chi connectivity index (χ4n) is 4.96. The Labute approximate surface area is 234 Å². The fourth-order valence-corrected chi connectivity index (χ4v) is 6.10. The number of hydrogen-bond acceptors (Lipinski definition) is 8. The number of halogens is 2. The normalized spacial score (nSPS) is 18.6. The molecule has 0 saturated carbocycles. The fraction of sp³-hybridized carbons (Fsp3) is 0.519. The van der Waals surface area contributed by atoms with Gasteiger partial charge in [-0.3, -0.25) is 4.79 Å². The molecule has 2 aliphatic heterocycles. The average molecular weight is 585 g/mol. The molecule has 1 saturated heterocycles. The van der Waals surface area contributed by atoms with Crippen molar-refractivity contribution in [3.05, 3.63) is 57.3 Å². The quantitative estimate of drug-likeness (QED) is 0.364. The maximum absolute atomic E-state index is 14.2. The summed E-state index contributed by atoms with van der Waals surface area (Å²) in [7, 11) is 3.48. The number of nitrogens with zero attached hydrogens (tertiary/aromatic N) is 2. The zero-order chi connectivity index (χ0) is 29.6. The number of aliphatic hydroxyl groups excluding tert-OH is 2. The van der Waals surface area contributed by atoms with E-state index in [1.807, 2.05) is 0 Å². The molecule has 13 heteroatoms. The maximum atomic E-state index is 14.2. The van der Waals surface area contributed by atoms with Crippen molar-refractivity contribution >= 4 is 29.2 Å². The molecule has 2 aromatic rings. The molecule has 2 aliphatic rings. The first-order valence-corrected chi connectivity index (χ1v) is 13.6. The average Bonchev–Trinajstić information content (AvgIpc) is 3.31. The van der Waals surface area contributed by atoms with Crippen LogP contribution in [0.4, 0.5) is 8.78 Å². The number of aliphatic carboxylic acids is 2. The van der Waals surface area contributed by atoms with Crippen molar-refractivity contribution in [2.75, 3.05) is 40.3 Å². The van der Waals surface area contributed by atoms with Crippen molar-refractivity contribution in [2.45, 2.75) is 43.5 Å². The standard InChI is InChI=1S/C23H28F2N2O2S.C4H6O6/c1-26(2)22(28)18(13-16-5-3-4-6-19(16)24)15-27-10-8-23(9-11-27)21-17(7-12-29-23)14-20(25)30-21;5-1(3(7)8)2(6)4(9)10/h3-6,14,18H,7-13,15H2,1-2H3;1-2,5-6H,(H,7,8)(H,9,10)/t18-;1-,2-/m11/s1. The van der Waals surface area contributed by atoms with Crippen LogP contribution in [0.2, 0.25) is 0 Å². The minimum atomic E-state index is -2.27. The SMILES string of the molecule is CN(C)C(=O)[C@H](Cc1ccccc1F)CN1CCC2(CC1)OCCc1cc(F)sc12.O=C(O)[C@H](O)[C@@H](O)C(=O)O. The van der Waals surface area contributed by atoms with Crippen molar-refractivity contribution in [2.24, 2.45) is 5.92 Å². The maximum Gasteiger partial charge on any atom is 0.335 e. The Hall–Kier alpha value is -2.97. The van der Waals surface area contributed by atoms with Gasteiger partial charge in [0, 0.05) is 38.6 Å². The molecule has 4 rings (SSSR count). The van der Waals surface area contributed by atoms with E-state index in [0.717, 1.165) is 42.8 Å². The van der Waals surface area contributed by atoms with Crippen LogP contribution in [0.15, 0.2) is 30.3 Å². The van der Waals surface area contributed by atoms with Crippen LogP contribution in [0, 0.1) is 16.9 Å². The molecule has 0 unspecified atom stereocenters. The predicted octanol–water partition coefficient (Wildman–Crippen LogP) is 1.71. The van der Waals surface area contributed by atoms with Gasteiger partial charge >= 0.3 is 11.9 Å². The number of carboxylic acids is 2. The van der Waals surface area contributed by atoms with Gasteiger partial charge in [-0.15, -0.1) is 11.3 Å². The third-order valence-corrected chi connectivity index (χ3v) is 8.26. The van der Waals surface area contributed by atoms with Gasteiger partial charge in [0.25, 0.3) is 0 Å². The number of benzene rings is 1. The minimum Gasteiger partial charge on any atom is -0.479 e. The van der Waals surface area contributed by atoms with E-state index in [1.54, 1.807) is 43.3 Å². The highest BCUT2D eigenvalue weighted by molar-refractivity contribution is 7.10. The molecule has 3 atom stereocenters. The van der Waals surface area contributed by atoms with Gasteiger partial charge < -0.3 is 35.0 Å². The smallest absolute Gasteiger partial charge is 0.335 e. The molecule has 0 aliphatic carbocycles. The number of fused-ring (bicyclic) bond motifs is 2. The number of hydrogen-bond donors (Lipinski definition) is 4. The van der Waals surface area contributed by atoms with E-state index in [1.165, 1.54) is 17.4 Å². The summed E-state index contributed by atoms with van der Waals surface area (Å²) in [5, 5.41) is 32.4. The minimum absolute atomic E-state index is 0.00932. The van der Waals surface area contributed by atoms with E-state index < -0.39 is 29.7 Å². The van der Waals surface area contributed by atoms with E-state index >= 15 is 0 Å². The van der Waals surface area contributed by atoms with Crippen LogP contribution >= 0.6 is 11.3 Å². The second-order valence-electron chi connectivity index (χ2n) is 10.1. The number of likely N-dealkylation sites (tertiary alicyclic amines) is 1. The highest BCUT2D eigenvalue weighted by Crippen LogP contribution is 2.45. The van der Waals surface area contributed by atoms with Crippen molar-refractivity contribution in [1.82, 2.24) is 9.80 Å². The van der Waals surface area contributed by atoms with Crippen molar-refractivity contribution in [3.63, 3.8) is 0 Å². The molecule has 1 fully saturated rings. The molecule has 1 aromatic heterocycles. The Balaban J connectivity index is 0.000000378. The third-order valence-electron chi connectivity index (χ3n) is 7.10. The lowest BCUT2D eigenvalue weighted by Crippen LogP contribution is -2.48. The summed E-state index contributed by atoms with van der Waals surface area (Å²) in [4.78, 5) is 37.2. The van der Waals surface area contributed by atoms with Crippen molar-refractivity contribution < 1.29 is 48.3 Å². The van der Waals surface area contributed by atoms with Crippen LogP contribution in [0.25, 0.3) is 0 Å². The lowest BCUT2D eigenvalue weighted by Gasteiger charge is -2.44. The largest absolute Gasteiger partial charge is 0.479 e. The molecule has 220 valence electrons. The molecular formula is C27H34F2N2O8S. The first kappa shape index (κ1) is 31.6. The molecular weight excluding hydrogens is 550 g/mol. The number of rotatable bonds is 8. The Morgan fingerprint density at radius 3 is 2.23 bits per heavy atom. The van der Waals surface area contributed by atoms with Gasteiger partial charge in [-0.1, -0.05) is 18.2 Å². The van der Waals surface area contributed by atoms with E-state index in [-0.39, 0.29) is 22.8 Å². The highest BCUT2D eigenvalue weighted by atomic mass is 32.1.